The minimum atomic E-state index is 0.401. The van der Waals surface area contributed by atoms with Crippen molar-refractivity contribution < 1.29 is 9.47 Å². The molecule has 21 heavy (non-hydrogen) atoms. The lowest BCUT2D eigenvalue weighted by atomic mass is 10.0. The van der Waals surface area contributed by atoms with Crippen molar-refractivity contribution in [1.29, 1.82) is 0 Å². The average Bonchev–Trinajstić information content (AvgIpc) is 2.52. The van der Waals surface area contributed by atoms with Crippen LogP contribution in [0.3, 0.4) is 0 Å². The van der Waals surface area contributed by atoms with Crippen LogP contribution < -0.4 is 10.1 Å². The first kappa shape index (κ1) is 16.3. The van der Waals surface area contributed by atoms with E-state index in [1.54, 1.807) is 7.11 Å². The summed E-state index contributed by atoms with van der Waals surface area (Å²) in [6, 6.07) is 8.85. The molecule has 1 saturated heterocycles. The Morgan fingerprint density at radius 1 is 1.14 bits per heavy atom. The molecule has 1 N–H and O–H groups in total. The SMILES string of the molecule is COc1ccc(C(CNCC(C)C)N2CCOCC2)cc1. The number of hydrogen-bond donors (Lipinski definition) is 1. The van der Waals surface area contributed by atoms with Gasteiger partial charge in [0.05, 0.1) is 20.3 Å². The molecule has 0 radical (unpaired) electrons. The molecule has 0 saturated carbocycles. The minimum absolute atomic E-state index is 0.401. The molecule has 0 amide bonds. The lowest BCUT2D eigenvalue weighted by Gasteiger charge is -2.35. The highest BCUT2D eigenvalue weighted by molar-refractivity contribution is 5.29. The van der Waals surface area contributed by atoms with Crippen LogP contribution in [0.5, 0.6) is 5.75 Å². The Morgan fingerprint density at radius 2 is 1.81 bits per heavy atom. The number of morpholine rings is 1. The zero-order valence-electron chi connectivity index (χ0n) is 13.5. The number of ether oxygens (including phenoxy) is 2. The van der Waals surface area contributed by atoms with E-state index >= 15 is 0 Å². The summed E-state index contributed by atoms with van der Waals surface area (Å²) in [7, 11) is 1.71. The van der Waals surface area contributed by atoms with Gasteiger partial charge in [-0.15, -0.1) is 0 Å². The summed E-state index contributed by atoms with van der Waals surface area (Å²) < 4.78 is 10.7. The Balaban J connectivity index is 2.05. The Kier molecular flexibility index (Phi) is 6.49. The molecule has 1 heterocycles. The van der Waals surface area contributed by atoms with Crippen LogP contribution in [0.15, 0.2) is 24.3 Å². The Morgan fingerprint density at radius 3 is 2.38 bits per heavy atom. The van der Waals surface area contributed by atoms with Crippen LogP contribution in [0.4, 0.5) is 0 Å². The molecule has 1 aromatic rings. The van der Waals surface area contributed by atoms with Crippen molar-refractivity contribution in [3.8, 4) is 5.75 Å². The molecule has 1 aromatic carbocycles. The molecule has 0 aromatic heterocycles. The highest BCUT2D eigenvalue weighted by atomic mass is 16.5. The first-order valence-corrected chi connectivity index (χ1v) is 7.87. The first-order chi connectivity index (χ1) is 10.2. The van der Waals surface area contributed by atoms with Gasteiger partial charge >= 0.3 is 0 Å². The third kappa shape index (κ3) is 4.99. The van der Waals surface area contributed by atoms with Crippen LogP contribution in [-0.2, 0) is 4.74 Å². The fraction of sp³-hybridized carbons (Fsp3) is 0.647. The molecule has 1 fully saturated rings. The molecule has 1 aliphatic heterocycles. The van der Waals surface area contributed by atoms with Crippen molar-refractivity contribution in [3.63, 3.8) is 0 Å². The fourth-order valence-corrected chi connectivity index (χ4v) is 2.68. The van der Waals surface area contributed by atoms with Gasteiger partial charge < -0.3 is 14.8 Å². The van der Waals surface area contributed by atoms with Crippen molar-refractivity contribution in [1.82, 2.24) is 10.2 Å². The fourth-order valence-electron chi connectivity index (χ4n) is 2.68. The topological polar surface area (TPSA) is 33.7 Å². The van der Waals surface area contributed by atoms with Gasteiger partial charge in [-0.3, -0.25) is 4.90 Å². The lowest BCUT2D eigenvalue weighted by molar-refractivity contribution is 0.0160. The van der Waals surface area contributed by atoms with E-state index < -0.39 is 0 Å². The van der Waals surface area contributed by atoms with Crippen LogP contribution in [0.2, 0.25) is 0 Å². The van der Waals surface area contributed by atoms with Gasteiger partial charge in [0.25, 0.3) is 0 Å². The number of methoxy groups -OCH3 is 1. The maximum absolute atomic E-state index is 5.48. The number of nitrogens with zero attached hydrogens (tertiary/aromatic N) is 1. The third-order valence-electron chi connectivity index (χ3n) is 3.88. The average molecular weight is 292 g/mol. The van der Waals surface area contributed by atoms with Crippen molar-refractivity contribution in [2.45, 2.75) is 19.9 Å². The number of rotatable bonds is 7. The van der Waals surface area contributed by atoms with E-state index in [2.05, 4.69) is 36.2 Å². The van der Waals surface area contributed by atoms with E-state index in [-0.39, 0.29) is 0 Å². The summed E-state index contributed by atoms with van der Waals surface area (Å²) in [6.45, 7) is 10.2. The highest BCUT2D eigenvalue weighted by Gasteiger charge is 2.22. The van der Waals surface area contributed by atoms with E-state index in [1.807, 2.05) is 12.1 Å². The molecule has 1 unspecified atom stereocenters. The smallest absolute Gasteiger partial charge is 0.118 e. The second-order valence-corrected chi connectivity index (χ2v) is 5.99. The predicted octanol–water partition coefficient (Wildman–Crippen LogP) is 2.31. The van der Waals surface area contributed by atoms with E-state index in [1.165, 1.54) is 5.56 Å². The summed E-state index contributed by atoms with van der Waals surface area (Å²) in [5, 5.41) is 3.60. The molecule has 118 valence electrons. The zero-order valence-corrected chi connectivity index (χ0v) is 13.5. The van der Waals surface area contributed by atoms with Crippen LogP contribution in [-0.4, -0.2) is 51.4 Å². The minimum Gasteiger partial charge on any atom is -0.497 e. The molecule has 1 atom stereocenters. The highest BCUT2D eigenvalue weighted by Crippen LogP contribution is 2.23. The first-order valence-electron chi connectivity index (χ1n) is 7.87. The van der Waals surface area contributed by atoms with E-state index in [4.69, 9.17) is 9.47 Å². The van der Waals surface area contributed by atoms with Crippen LogP contribution in [0, 0.1) is 5.92 Å². The number of hydrogen-bond acceptors (Lipinski definition) is 4. The quantitative estimate of drug-likeness (QED) is 0.836. The van der Waals surface area contributed by atoms with Gasteiger partial charge in [-0.25, -0.2) is 0 Å². The second kappa shape index (κ2) is 8.37. The normalized spacial score (nSPS) is 17.9. The number of nitrogens with one attached hydrogen (secondary N) is 1. The molecule has 4 heteroatoms. The number of benzene rings is 1. The summed E-state index contributed by atoms with van der Waals surface area (Å²) in [5.41, 5.74) is 1.34. The standard InChI is InChI=1S/C17H28N2O2/c1-14(2)12-18-13-17(19-8-10-21-11-9-19)15-4-6-16(20-3)7-5-15/h4-7,14,17-18H,8-13H2,1-3H3. The molecular weight excluding hydrogens is 264 g/mol. The van der Waals surface area contributed by atoms with Gasteiger partial charge in [0, 0.05) is 25.7 Å². The monoisotopic (exact) mass is 292 g/mol. The van der Waals surface area contributed by atoms with Gasteiger partial charge in [0.15, 0.2) is 0 Å². The largest absolute Gasteiger partial charge is 0.497 e. The molecular formula is C17H28N2O2. The van der Waals surface area contributed by atoms with Crippen molar-refractivity contribution in [2.75, 3.05) is 46.5 Å². The van der Waals surface area contributed by atoms with Crippen molar-refractivity contribution in [2.24, 2.45) is 5.92 Å². The summed E-state index contributed by atoms with van der Waals surface area (Å²) in [4.78, 5) is 2.51. The van der Waals surface area contributed by atoms with Gasteiger partial charge in [-0.1, -0.05) is 26.0 Å². The van der Waals surface area contributed by atoms with E-state index in [0.717, 1.165) is 45.1 Å². The lowest BCUT2D eigenvalue weighted by Crippen LogP contribution is -2.43. The van der Waals surface area contributed by atoms with Crippen molar-refractivity contribution in [3.05, 3.63) is 29.8 Å². The second-order valence-electron chi connectivity index (χ2n) is 5.99. The molecule has 2 rings (SSSR count). The maximum Gasteiger partial charge on any atom is 0.118 e. The van der Waals surface area contributed by atoms with E-state index in [0.29, 0.717) is 12.0 Å². The van der Waals surface area contributed by atoms with Crippen LogP contribution in [0.1, 0.15) is 25.5 Å². The molecule has 4 nitrogen and oxygen atoms in total. The van der Waals surface area contributed by atoms with Gasteiger partial charge in [-0.2, -0.15) is 0 Å². The predicted molar refractivity (Wildman–Crippen MR) is 85.8 cm³/mol. The molecule has 1 aliphatic rings. The van der Waals surface area contributed by atoms with Gasteiger partial charge in [-0.05, 0) is 30.2 Å². The Labute approximate surface area is 128 Å². The van der Waals surface area contributed by atoms with Crippen molar-refractivity contribution >= 4 is 0 Å². The van der Waals surface area contributed by atoms with Gasteiger partial charge in [0.1, 0.15) is 5.75 Å². The third-order valence-corrected chi connectivity index (χ3v) is 3.88. The maximum atomic E-state index is 5.48. The summed E-state index contributed by atoms with van der Waals surface area (Å²) in [6.07, 6.45) is 0. The van der Waals surface area contributed by atoms with E-state index in [9.17, 15) is 0 Å². The molecule has 0 aliphatic carbocycles. The van der Waals surface area contributed by atoms with Crippen LogP contribution in [0.25, 0.3) is 0 Å². The molecule has 0 spiro atoms. The summed E-state index contributed by atoms with van der Waals surface area (Å²) in [5.74, 6) is 1.58. The Hall–Kier alpha value is -1.10. The van der Waals surface area contributed by atoms with Gasteiger partial charge in [0.2, 0.25) is 0 Å². The Bertz CT molecular complexity index is 400. The summed E-state index contributed by atoms with van der Waals surface area (Å²) >= 11 is 0. The zero-order chi connectivity index (χ0) is 15.1. The van der Waals surface area contributed by atoms with Crippen LogP contribution >= 0.6 is 0 Å². The molecule has 0 bridgehead atoms.